The predicted molar refractivity (Wildman–Crippen MR) is 86.0 cm³/mol. The van der Waals surface area contributed by atoms with Crippen molar-refractivity contribution in [3.63, 3.8) is 0 Å². The van der Waals surface area contributed by atoms with Crippen LogP contribution in [0.5, 0.6) is 0 Å². The Balaban J connectivity index is 2.07. The summed E-state index contributed by atoms with van der Waals surface area (Å²) >= 11 is 0. The molecular formula is C18H24N2O. The van der Waals surface area contributed by atoms with Crippen LogP contribution >= 0.6 is 0 Å². The highest BCUT2D eigenvalue weighted by molar-refractivity contribution is 5.30. The van der Waals surface area contributed by atoms with Crippen molar-refractivity contribution in [2.75, 3.05) is 6.54 Å². The zero-order valence-corrected chi connectivity index (χ0v) is 12.7. The molecule has 0 bridgehead atoms. The number of nitrogens with zero attached hydrogens (tertiary/aromatic N) is 1. The molecule has 0 saturated heterocycles. The van der Waals surface area contributed by atoms with E-state index < -0.39 is 0 Å². The van der Waals surface area contributed by atoms with E-state index in [4.69, 9.17) is 0 Å². The lowest BCUT2D eigenvalue weighted by molar-refractivity contribution is 0.115. The molecule has 0 fully saturated rings. The SMILES string of the molecule is CC(C)C(O)CCNC(c1ccccc1)c1ccncc1. The second-order valence-electron chi connectivity index (χ2n) is 5.68. The van der Waals surface area contributed by atoms with Crippen LogP contribution < -0.4 is 5.32 Å². The van der Waals surface area contributed by atoms with Crippen LogP contribution in [0.3, 0.4) is 0 Å². The average molecular weight is 284 g/mol. The standard InChI is InChI=1S/C18H24N2O/c1-14(2)17(21)10-13-20-18(15-6-4-3-5-7-15)16-8-11-19-12-9-16/h3-9,11-12,14,17-18,20-21H,10,13H2,1-2H3. The third-order valence-corrected chi connectivity index (χ3v) is 3.73. The molecule has 2 aromatic rings. The highest BCUT2D eigenvalue weighted by atomic mass is 16.3. The van der Waals surface area contributed by atoms with Gasteiger partial charge in [-0.25, -0.2) is 0 Å². The molecule has 0 amide bonds. The van der Waals surface area contributed by atoms with Crippen LogP contribution in [0.2, 0.25) is 0 Å². The fourth-order valence-electron chi connectivity index (χ4n) is 2.34. The third kappa shape index (κ3) is 4.66. The lowest BCUT2D eigenvalue weighted by Gasteiger charge is -2.21. The lowest BCUT2D eigenvalue weighted by atomic mass is 9.99. The second kappa shape index (κ2) is 7.91. The first-order valence-electron chi connectivity index (χ1n) is 7.55. The zero-order valence-electron chi connectivity index (χ0n) is 12.7. The minimum absolute atomic E-state index is 0.133. The monoisotopic (exact) mass is 284 g/mol. The van der Waals surface area contributed by atoms with Crippen LogP contribution in [0.4, 0.5) is 0 Å². The topological polar surface area (TPSA) is 45.1 Å². The van der Waals surface area contributed by atoms with Crippen LogP contribution in [-0.4, -0.2) is 22.7 Å². The van der Waals surface area contributed by atoms with Crippen molar-refractivity contribution < 1.29 is 5.11 Å². The molecule has 0 aliphatic heterocycles. The minimum Gasteiger partial charge on any atom is -0.393 e. The molecule has 1 heterocycles. The largest absolute Gasteiger partial charge is 0.393 e. The van der Waals surface area contributed by atoms with E-state index in [9.17, 15) is 5.11 Å². The van der Waals surface area contributed by atoms with Gasteiger partial charge in [0.2, 0.25) is 0 Å². The molecule has 1 aromatic heterocycles. The van der Waals surface area contributed by atoms with Gasteiger partial charge in [0, 0.05) is 12.4 Å². The van der Waals surface area contributed by atoms with Crippen molar-refractivity contribution in [3.8, 4) is 0 Å². The van der Waals surface area contributed by atoms with Gasteiger partial charge in [-0.1, -0.05) is 44.2 Å². The van der Waals surface area contributed by atoms with Crippen molar-refractivity contribution in [2.45, 2.75) is 32.4 Å². The Morgan fingerprint density at radius 1 is 1.00 bits per heavy atom. The molecule has 0 aliphatic carbocycles. The summed E-state index contributed by atoms with van der Waals surface area (Å²) < 4.78 is 0. The van der Waals surface area contributed by atoms with Crippen molar-refractivity contribution >= 4 is 0 Å². The van der Waals surface area contributed by atoms with Crippen LogP contribution in [0.15, 0.2) is 54.9 Å². The van der Waals surface area contributed by atoms with E-state index in [1.807, 2.05) is 56.6 Å². The Morgan fingerprint density at radius 2 is 1.62 bits per heavy atom. The van der Waals surface area contributed by atoms with E-state index in [0.717, 1.165) is 13.0 Å². The lowest BCUT2D eigenvalue weighted by Crippen LogP contribution is -2.27. The summed E-state index contributed by atoms with van der Waals surface area (Å²) in [6, 6.07) is 14.6. The fraction of sp³-hybridized carbons (Fsp3) is 0.389. The van der Waals surface area contributed by atoms with Gasteiger partial charge < -0.3 is 10.4 Å². The van der Waals surface area contributed by atoms with Gasteiger partial charge in [-0.3, -0.25) is 4.98 Å². The smallest absolute Gasteiger partial charge is 0.0577 e. The Morgan fingerprint density at radius 3 is 2.24 bits per heavy atom. The van der Waals surface area contributed by atoms with Gasteiger partial charge in [-0.05, 0) is 42.1 Å². The highest BCUT2D eigenvalue weighted by Crippen LogP contribution is 2.21. The molecule has 2 rings (SSSR count). The van der Waals surface area contributed by atoms with Gasteiger partial charge in [0.05, 0.1) is 12.1 Å². The van der Waals surface area contributed by atoms with Crippen LogP contribution in [0.1, 0.15) is 37.4 Å². The first-order valence-corrected chi connectivity index (χ1v) is 7.55. The molecule has 3 heteroatoms. The molecule has 0 spiro atoms. The number of hydrogen-bond donors (Lipinski definition) is 2. The number of aliphatic hydroxyl groups excluding tert-OH is 1. The molecular weight excluding hydrogens is 260 g/mol. The molecule has 0 aliphatic rings. The predicted octanol–water partition coefficient (Wildman–Crippen LogP) is 3.17. The van der Waals surface area contributed by atoms with Crippen molar-refractivity contribution in [1.82, 2.24) is 10.3 Å². The van der Waals surface area contributed by atoms with Gasteiger partial charge in [-0.2, -0.15) is 0 Å². The molecule has 0 saturated carbocycles. The normalized spacial score (nSPS) is 14.1. The van der Waals surface area contributed by atoms with Crippen molar-refractivity contribution in [3.05, 3.63) is 66.0 Å². The van der Waals surface area contributed by atoms with Crippen LogP contribution in [-0.2, 0) is 0 Å². The number of pyridine rings is 1. The Labute approximate surface area is 127 Å². The summed E-state index contributed by atoms with van der Waals surface area (Å²) in [6.45, 7) is 4.87. The molecule has 3 nitrogen and oxygen atoms in total. The highest BCUT2D eigenvalue weighted by Gasteiger charge is 2.14. The van der Waals surface area contributed by atoms with Gasteiger partial charge in [0.1, 0.15) is 0 Å². The fourth-order valence-corrected chi connectivity index (χ4v) is 2.34. The van der Waals surface area contributed by atoms with Gasteiger partial charge in [0.15, 0.2) is 0 Å². The maximum absolute atomic E-state index is 9.93. The summed E-state index contributed by atoms with van der Waals surface area (Å²) in [5.41, 5.74) is 2.41. The molecule has 2 atom stereocenters. The van der Waals surface area contributed by atoms with E-state index in [1.54, 1.807) is 0 Å². The Kier molecular flexibility index (Phi) is 5.90. The number of nitrogens with one attached hydrogen (secondary N) is 1. The third-order valence-electron chi connectivity index (χ3n) is 3.73. The molecule has 0 radical (unpaired) electrons. The first kappa shape index (κ1) is 15.7. The van der Waals surface area contributed by atoms with E-state index in [2.05, 4.69) is 22.4 Å². The maximum Gasteiger partial charge on any atom is 0.0577 e. The van der Waals surface area contributed by atoms with Gasteiger partial charge in [0.25, 0.3) is 0 Å². The van der Waals surface area contributed by atoms with E-state index in [0.29, 0.717) is 5.92 Å². The Hall–Kier alpha value is -1.71. The van der Waals surface area contributed by atoms with Crippen molar-refractivity contribution in [2.24, 2.45) is 5.92 Å². The van der Waals surface area contributed by atoms with Crippen LogP contribution in [0, 0.1) is 5.92 Å². The summed E-state index contributed by atoms with van der Waals surface area (Å²) in [6.07, 6.45) is 4.13. The Bertz CT molecular complexity index is 474. The molecule has 2 unspecified atom stereocenters. The van der Waals surface area contributed by atoms with E-state index >= 15 is 0 Å². The average Bonchev–Trinajstić information content (AvgIpc) is 2.53. The summed E-state index contributed by atoms with van der Waals surface area (Å²) in [7, 11) is 0. The molecule has 112 valence electrons. The first-order chi connectivity index (χ1) is 10.2. The quantitative estimate of drug-likeness (QED) is 0.821. The zero-order chi connectivity index (χ0) is 15.1. The number of aliphatic hydroxyl groups is 1. The van der Waals surface area contributed by atoms with Crippen molar-refractivity contribution in [1.29, 1.82) is 0 Å². The second-order valence-corrected chi connectivity index (χ2v) is 5.68. The summed E-state index contributed by atoms with van der Waals surface area (Å²) in [4.78, 5) is 4.09. The molecule has 2 N–H and O–H groups in total. The number of benzene rings is 1. The number of rotatable bonds is 7. The summed E-state index contributed by atoms with van der Waals surface area (Å²) in [5, 5.41) is 13.5. The molecule has 1 aromatic carbocycles. The molecule has 21 heavy (non-hydrogen) atoms. The minimum atomic E-state index is -0.258. The van der Waals surface area contributed by atoms with Crippen LogP contribution in [0.25, 0.3) is 0 Å². The van der Waals surface area contributed by atoms with Gasteiger partial charge in [-0.15, -0.1) is 0 Å². The number of hydrogen-bond acceptors (Lipinski definition) is 3. The van der Waals surface area contributed by atoms with E-state index in [1.165, 1.54) is 11.1 Å². The summed E-state index contributed by atoms with van der Waals surface area (Å²) in [5.74, 6) is 0.294. The number of aromatic nitrogens is 1. The van der Waals surface area contributed by atoms with Gasteiger partial charge >= 0.3 is 0 Å². The maximum atomic E-state index is 9.93. The van der Waals surface area contributed by atoms with E-state index in [-0.39, 0.29) is 12.1 Å².